The number of hydrogen-bond acceptors (Lipinski definition) is 0. The standard InChI is InChI=1S/C16H27FS/c1-8-13-9-11-14(12-10-13)18(17,15(2,3)4)16(5,6)7/h9-12H,8H2,1-7H3. The topological polar surface area (TPSA) is 0 Å². The lowest BCUT2D eigenvalue weighted by Crippen LogP contribution is -2.35. The van der Waals surface area contributed by atoms with Gasteiger partial charge in [-0.25, -0.2) is 0 Å². The predicted molar refractivity (Wildman–Crippen MR) is 82.3 cm³/mol. The molecule has 1 aromatic carbocycles. The molecule has 0 aliphatic heterocycles. The fourth-order valence-corrected chi connectivity index (χ4v) is 6.30. The summed E-state index contributed by atoms with van der Waals surface area (Å²) in [5.41, 5.74) is 1.27. The molecule has 0 spiro atoms. The van der Waals surface area contributed by atoms with Gasteiger partial charge in [-0.1, -0.05) is 29.5 Å². The van der Waals surface area contributed by atoms with Crippen LogP contribution in [0, 0.1) is 0 Å². The molecule has 18 heavy (non-hydrogen) atoms. The van der Waals surface area contributed by atoms with E-state index < -0.39 is 10.4 Å². The third-order valence-electron chi connectivity index (χ3n) is 3.34. The Labute approximate surface area is 114 Å². The van der Waals surface area contributed by atoms with Crippen LogP contribution in [0.4, 0.5) is 3.89 Å². The molecular weight excluding hydrogens is 243 g/mol. The SMILES string of the molecule is CCc1ccc(S(F)(C(C)(C)C)C(C)(C)C)cc1. The molecule has 0 aliphatic rings. The Balaban J connectivity index is 3.36. The Morgan fingerprint density at radius 2 is 1.28 bits per heavy atom. The van der Waals surface area contributed by atoms with E-state index >= 15 is 3.89 Å². The summed E-state index contributed by atoms with van der Waals surface area (Å²) < 4.78 is 15.2. The summed E-state index contributed by atoms with van der Waals surface area (Å²) in [4.78, 5) is 0.875. The van der Waals surface area contributed by atoms with Crippen LogP contribution in [-0.4, -0.2) is 9.49 Å². The van der Waals surface area contributed by atoms with Crippen molar-refractivity contribution >= 4 is 10.4 Å². The minimum Gasteiger partial charge on any atom is -0.184 e. The van der Waals surface area contributed by atoms with Gasteiger partial charge in [-0.3, -0.25) is 0 Å². The number of aryl methyl sites for hydroxylation is 1. The first-order valence-corrected chi connectivity index (χ1v) is 8.18. The largest absolute Gasteiger partial charge is 0.184 e. The van der Waals surface area contributed by atoms with Gasteiger partial charge in [-0.05, 0) is 65.7 Å². The van der Waals surface area contributed by atoms with Gasteiger partial charge in [-0.15, -0.1) is 0 Å². The van der Waals surface area contributed by atoms with E-state index in [1.165, 1.54) is 5.56 Å². The van der Waals surface area contributed by atoms with Crippen molar-refractivity contribution < 1.29 is 3.89 Å². The highest BCUT2D eigenvalue weighted by atomic mass is 32.3. The normalized spacial score (nSPS) is 14.7. The lowest BCUT2D eigenvalue weighted by atomic mass is 10.2. The van der Waals surface area contributed by atoms with Crippen LogP contribution in [0.3, 0.4) is 0 Å². The molecule has 1 rings (SSSR count). The zero-order valence-corrected chi connectivity index (χ0v) is 13.6. The maximum absolute atomic E-state index is 15.9. The average molecular weight is 270 g/mol. The molecule has 0 fully saturated rings. The van der Waals surface area contributed by atoms with Crippen molar-refractivity contribution in [3.05, 3.63) is 29.8 Å². The summed E-state index contributed by atoms with van der Waals surface area (Å²) in [6.45, 7) is 14.2. The molecule has 0 nitrogen and oxygen atoms in total. The number of hydrogen-bond donors (Lipinski definition) is 0. The molecule has 104 valence electrons. The molecule has 0 unspecified atom stereocenters. The average Bonchev–Trinajstić information content (AvgIpc) is 2.25. The second-order valence-corrected chi connectivity index (χ2v) is 10.8. The molecule has 2 heteroatoms. The molecule has 0 saturated heterocycles. The van der Waals surface area contributed by atoms with Gasteiger partial charge < -0.3 is 0 Å². The molecule has 0 atom stereocenters. The first kappa shape index (κ1) is 15.6. The van der Waals surface area contributed by atoms with Crippen LogP contribution in [-0.2, 0) is 6.42 Å². The van der Waals surface area contributed by atoms with Gasteiger partial charge in [0.25, 0.3) is 0 Å². The summed E-state index contributed by atoms with van der Waals surface area (Å²) in [6, 6.07) is 8.11. The summed E-state index contributed by atoms with van der Waals surface area (Å²) in [5, 5.41) is 0. The van der Waals surface area contributed by atoms with Crippen molar-refractivity contribution in [2.24, 2.45) is 0 Å². The van der Waals surface area contributed by atoms with E-state index in [0.717, 1.165) is 11.3 Å². The summed E-state index contributed by atoms with van der Waals surface area (Å²) >= 11 is 0. The Hall–Kier alpha value is -0.500. The molecule has 0 radical (unpaired) electrons. The summed E-state index contributed by atoms with van der Waals surface area (Å²) in [5.74, 6) is 0. The molecule has 0 bridgehead atoms. The Bertz CT molecular complexity index is 379. The highest BCUT2D eigenvalue weighted by molar-refractivity contribution is 8.31. The minimum atomic E-state index is -2.38. The highest BCUT2D eigenvalue weighted by Crippen LogP contribution is 2.73. The van der Waals surface area contributed by atoms with Crippen LogP contribution in [0.5, 0.6) is 0 Å². The molecule has 0 heterocycles. The minimum absolute atomic E-state index is 0.348. The van der Waals surface area contributed by atoms with Crippen LogP contribution in [0.1, 0.15) is 54.0 Å². The molecule has 0 aromatic heterocycles. The molecule has 0 saturated carbocycles. The van der Waals surface area contributed by atoms with Crippen molar-refractivity contribution in [1.82, 2.24) is 0 Å². The predicted octanol–water partition coefficient (Wildman–Crippen LogP) is 5.89. The quantitative estimate of drug-likeness (QED) is 0.628. The van der Waals surface area contributed by atoms with Crippen LogP contribution in [0.15, 0.2) is 29.2 Å². The van der Waals surface area contributed by atoms with Gasteiger partial charge in [-0.2, -0.15) is 3.89 Å². The highest BCUT2D eigenvalue weighted by Gasteiger charge is 2.47. The van der Waals surface area contributed by atoms with Crippen LogP contribution < -0.4 is 0 Å². The molecule has 0 aliphatic carbocycles. The summed E-state index contributed by atoms with van der Waals surface area (Å²) in [6.07, 6.45) is 1.000. The van der Waals surface area contributed by atoms with Crippen molar-refractivity contribution in [2.45, 2.75) is 69.3 Å². The van der Waals surface area contributed by atoms with E-state index in [1.807, 2.05) is 53.7 Å². The van der Waals surface area contributed by atoms with Gasteiger partial charge in [0, 0.05) is 14.4 Å². The third kappa shape index (κ3) is 2.59. The van der Waals surface area contributed by atoms with E-state index in [-0.39, 0.29) is 9.49 Å². The van der Waals surface area contributed by atoms with Gasteiger partial charge in [0.05, 0.1) is 0 Å². The lowest BCUT2D eigenvalue weighted by Gasteiger charge is -2.52. The second kappa shape index (κ2) is 4.88. The van der Waals surface area contributed by atoms with Crippen molar-refractivity contribution in [1.29, 1.82) is 0 Å². The number of halogens is 1. The third-order valence-corrected chi connectivity index (χ3v) is 7.64. The number of benzene rings is 1. The fourth-order valence-electron chi connectivity index (χ4n) is 2.54. The smallest absolute Gasteiger partial charge is 0.0224 e. The van der Waals surface area contributed by atoms with Crippen LogP contribution in [0.2, 0.25) is 0 Å². The van der Waals surface area contributed by atoms with Crippen molar-refractivity contribution in [3.8, 4) is 0 Å². The van der Waals surface area contributed by atoms with E-state index in [9.17, 15) is 0 Å². The van der Waals surface area contributed by atoms with Crippen LogP contribution >= 0.6 is 10.4 Å². The fraction of sp³-hybridized carbons (Fsp3) is 0.625. The molecular formula is C16H27FS. The summed E-state index contributed by atoms with van der Waals surface area (Å²) in [7, 11) is -2.38. The Morgan fingerprint density at radius 1 is 0.889 bits per heavy atom. The van der Waals surface area contributed by atoms with Crippen molar-refractivity contribution in [3.63, 3.8) is 0 Å². The van der Waals surface area contributed by atoms with Gasteiger partial charge in [0.15, 0.2) is 0 Å². The maximum atomic E-state index is 15.9. The van der Waals surface area contributed by atoms with E-state index in [1.54, 1.807) is 0 Å². The molecule has 1 aromatic rings. The van der Waals surface area contributed by atoms with Gasteiger partial charge in [0.1, 0.15) is 0 Å². The monoisotopic (exact) mass is 270 g/mol. The van der Waals surface area contributed by atoms with Crippen molar-refractivity contribution in [2.75, 3.05) is 0 Å². The van der Waals surface area contributed by atoms with E-state index in [0.29, 0.717) is 0 Å². The Morgan fingerprint density at radius 3 is 1.56 bits per heavy atom. The first-order chi connectivity index (χ1) is 8.04. The molecule has 0 N–H and O–H groups in total. The lowest BCUT2D eigenvalue weighted by molar-refractivity contribution is 0.640. The van der Waals surface area contributed by atoms with Gasteiger partial charge in [0.2, 0.25) is 0 Å². The van der Waals surface area contributed by atoms with Gasteiger partial charge >= 0.3 is 0 Å². The second-order valence-electron chi connectivity index (χ2n) is 6.76. The zero-order valence-electron chi connectivity index (χ0n) is 12.8. The maximum Gasteiger partial charge on any atom is 0.0224 e. The van der Waals surface area contributed by atoms with E-state index in [2.05, 4.69) is 19.1 Å². The van der Waals surface area contributed by atoms with Crippen LogP contribution in [0.25, 0.3) is 0 Å². The van der Waals surface area contributed by atoms with E-state index in [4.69, 9.17) is 0 Å². The Kier molecular flexibility index (Phi) is 4.22. The number of rotatable bonds is 2. The first-order valence-electron chi connectivity index (χ1n) is 6.65. The zero-order chi connectivity index (χ0) is 14.2. The molecule has 0 amide bonds.